The predicted octanol–water partition coefficient (Wildman–Crippen LogP) is 1.46. The summed E-state index contributed by atoms with van der Waals surface area (Å²) in [6, 6.07) is 8.37. The molecule has 1 atom stereocenters. The lowest BCUT2D eigenvalue weighted by Gasteiger charge is -2.25. The van der Waals surface area contributed by atoms with E-state index in [0.717, 1.165) is 38.5 Å². The molecule has 3 rings (SSSR count). The molecule has 1 aliphatic carbocycles. The fourth-order valence-corrected chi connectivity index (χ4v) is 3.23. The number of aliphatic imine (C=N–C) groups is 1. The van der Waals surface area contributed by atoms with Gasteiger partial charge in [0.05, 0.1) is 12.6 Å². The van der Waals surface area contributed by atoms with E-state index in [4.69, 9.17) is 5.73 Å². The molecule has 1 unspecified atom stereocenters. The Balaban J connectivity index is 1.54. The van der Waals surface area contributed by atoms with E-state index in [-0.39, 0.29) is 6.10 Å². The van der Waals surface area contributed by atoms with E-state index < -0.39 is 0 Å². The molecule has 0 aromatic heterocycles. The lowest BCUT2D eigenvalue weighted by Crippen LogP contribution is -2.37. The van der Waals surface area contributed by atoms with Gasteiger partial charge < -0.3 is 16.2 Å². The third kappa shape index (κ3) is 4.69. The van der Waals surface area contributed by atoms with Crippen LogP contribution in [0.2, 0.25) is 0 Å². The fraction of sp³-hybridized carbons (Fsp3) is 0.611. The monoisotopic (exact) mass is 316 g/mol. The van der Waals surface area contributed by atoms with Gasteiger partial charge in [-0.25, -0.2) is 4.99 Å². The number of hydrogen-bond donors (Lipinski definition) is 3. The minimum Gasteiger partial charge on any atom is -0.392 e. The lowest BCUT2D eigenvalue weighted by molar-refractivity contribution is 0.174. The average Bonchev–Trinajstić information content (AvgIpc) is 2.90. The van der Waals surface area contributed by atoms with Crippen LogP contribution in [-0.2, 0) is 13.1 Å². The van der Waals surface area contributed by atoms with Gasteiger partial charge in [0.2, 0.25) is 0 Å². The van der Waals surface area contributed by atoms with Crippen molar-refractivity contribution in [3.05, 3.63) is 35.4 Å². The van der Waals surface area contributed by atoms with Crippen LogP contribution in [0.15, 0.2) is 29.3 Å². The highest BCUT2D eigenvalue weighted by atomic mass is 16.3. The summed E-state index contributed by atoms with van der Waals surface area (Å²) in [5, 5.41) is 12.9. The van der Waals surface area contributed by atoms with Gasteiger partial charge >= 0.3 is 0 Å². The van der Waals surface area contributed by atoms with Crippen molar-refractivity contribution in [1.82, 2.24) is 10.2 Å². The number of β-amino-alcohol motifs (C(OH)–C–C–N with tert-alkyl or cyclic N) is 1. The Morgan fingerprint density at radius 1 is 1.26 bits per heavy atom. The normalized spacial score (nSPS) is 23.0. The van der Waals surface area contributed by atoms with Crippen LogP contribution in [0, 0.1) is 5.92 Å². The van der Waals surface area contributed by atoms with Crippen molar-refractivity contribution in [3.63, 3.8) is 0 Å². The van der Waals surface area contributed by atoms with Gasteiger partial charge in [0, 0.05) is 26.2 Å². The number of nitrogens with two attached hydrogens (primary N) is 1. The highest BCUT2D eigenvalue weighted by Crippen LogP contribution is 2.25. The Bertz CT molecular complexity index is 542. The standard InChI is InChI=1S/C18H28N4O/c19-18(20-10-14-4-3-5-14)21-11-15-6-1-2-7-16(15)12-22-9-8-17(23)13-22/h1-2,6-7,14,17,23H,3-5,8-13H2,(H3,19,20,21). The molecular formula is C18H28N4O. The van der Waals surface area contributed by atoms with Gasteiger partial charge in [-0.05, 0) is 36.3 Å². The Morgan fingerprint density at radius 2 is 2.04 bits per heavy atom. The molecule has 1 aromatic carbocycles. The third-order valence-corrected chi connectivity index (χ3v) is 4.98. The van der Waals surface area contributed by atoms with Crippen molar-refractivity contribution < 1.29 is 5.11 Å². The van der Waals surface area contributed by atoms with E-state index in [1.165, 1.54) is 30.4 Å². The van der Waals surface area contributed by atoms with Crippen LogP contribution in [-0.4, -0.2) is 41.7 Å². The number of aliphatic hydroxyl groups is 1. The summed E-state index contributed by atoms with van der Waals surface area (Å²) in [6.07, 6.45) is 4.67. The van der Waals surface area contributed by atoms with Crippen LogP contribution in [0.1, 0.15) is 36.8 Å². The number of aliphatic hydroxyl groups excluding tert-OH is 1. The van der Waals surface area contributed by atoms with Crippen LogP contribution < -0.4 is 11.1 Å². The average molecular weight is 316 g/mol. The Hall–Kier alpha value is -1.59. The van der Waals surface area contributed by atoms with Gasteiger partial charge in [-0.15, -0.1) is 0 Å². The minimum absolute atomic E-state index is 0.175. The van der Waals surface area contributed by atoms with Gasteiger partial charge in [-0.3, -0.25) is 4.90 Å². The molecule has 126 valence electrons. The van der Waals surface area contributed by atoms with E-state index >= 15 is 0 Å². The molecule has 4 N–H and O–H groups in total. The number of hydrogen-bond acceptors (Lipinski definition) is 3. The maximum atomic E-state index is 9.66. The first-order valence-electron chi connectivity index (χ1n) is 8.71. The first kappa shape index (κ1) is 16.3. The summed E-state index contributed by atoms with van der Waals surface area (Å²) < 4.78 is 0. The topological polar surface area (TPSA) is 73.9 Å². The quantitative estimate of drug-likeness (QED) is 0.549. The molecule has 1 aromatic rings. The maximum absolute atomic E-state index is 9.66. The van der Waals surface area contributed by atoms with E-state index in [9.17, 15) is 5.11 Å². The zero-order valence-corrected chi connectivity index (χ0v) is 13.7. The molecule has 23 heavy (non-hydrogen) atoms. The molecule has 1 heterocycles. The Morgan fingerprint density at radius 3 is 2.70 bits per heavy atom. The van der Waals surface area contributed by atoms with Crippen LogP contribution >= 0.6 is 0 Å². The number of nitrogens with one attached hydrogen (secondary N) is 1. The fourth-order valence-electron chi connectivity index (χ4n) is 3.23. The summed E-state index contributed by atoms with van der Waals surface area (Å²) in [4.78, 5) is 6.79. The van der Waals surface area contributed by atoms with Crippen LogP contribution in [0.4, 0.5) is 0 Å². The molecular weight excluding hydrogens is 288 g/mol. The van der Waals surface area contributed by atoms with Gasteiger partial charge in [0.1, 0.15) is 0 Å². The SMILES string of the molecule is NC(=NCc1ccccc1CN1CCC(O)C1)NCC1CCC1. The van der Waals surface area contributed by atoms with Gasteiger partial charge in [-0.2, -0.15) is 0 Å². The number of benzene rings is 1. The number of likely N-dealkylation sites (tertiary alicyclic amines) is 1. The molecule has 1 saturated carbocycles. The molecule has 0 radical (unpaired) electrons. The lowest BCUT2D eigenvalue weighted by atomic mass is 9.85. The van der Waals surface area contributed by atoms with Crippen molar-refractivity contribution in [2.45, 2.75) is 44.9 Å². The second kappa shape index (κ2) is 7.79. The van der Waals surface area contributed by atoms with Crippen LogP contribution in [0.5, 0.6) is 0 Å². The third-order valence-electron chi connectivity index (χ3n) is 4.98. The first-order chi connectivity index (χ1) is 11.2. The van der Waals surface area contributed by atoms with Crippen molar-refractivity contribution in [2.24, 2.45) is 16.6 Å². The smallest absolute Gasteiger partial charge is 0.188 e. The molecule has 2 fully saturated rings. The number of guanidine groups is 1. The van der Waals surface area contributed by atoms with E-state index in [1.807, 2.05) is 6.07 Å². The summed E-state index contributed by atoms with van der Waals surface area (Å²) in [6.45, 7) is 4.16. The molecule has 5 heteroatoms. The molecule has 0 amide bonds. The molecule has 2 aliphatic rings. The molecule has 1 saturated heterocycles. The summed E-state index contributed by atoms with van der Waals surface area (Å²) in [7, 11) is 0. The van der Waals surface area contributed by atoms with Crippen LogP contribution in [0.25, 0.3) is 0 Å². The zero-order valence-electron chi connectivity index (χ0n) is 13.7. The second-order valence-corrected chi connectivity index (χ2v) is 6.83. The molecule has 0 bridgehead atoms. The largest absolute Gasteiger partial charge is 0.392 e. The molecule has 0 spiro atoms. The van der Waals surface area contributed by atoms with Crippen molar-refractivity contribution in [1.29, 1.82) is 0 Å². The summed E-state index contributed by atoms with van der Waals surface area (Å²) in [5.74, 6) is 1.32. The van der Waals surface area contributed by atoms with Gasteiger partial charge in [-0.1, -0.05) is 30.7 Å². The van der Waals surface area contributed by atoms with Crippen LogP contribution in [0.3, 0.4) is 0 Å². The molecule has 5 nitrogen and oxygen atoms in total. The van der Waals surface area contributed by atoms with E-state index in [1.54, 1.807) is 0 Å². The first-order valence-corrected chi connectivity index (χ1v) is 8.71. The minimum atomic E-state index is -0.175. The maximum Gasteiger partial charge on any atom is 0.188 e. The van der Waals surface area contributed by atoms with Gasteiger partial charge in [0.15, 0.2) is 5.96 Å². The van der Waals surface area contributed by atoms with E-state index in [2.05, 4.69) is 33.4 Å². The Kier molecular flexibility index (Phi) is 5.51. The van der Waals surface area contributed by atoms with Gasteiger partial charge in [0.25, 0.3) is 0 Å². The number of nitrogens with zero attached hydrogens (tertiary/aromatic N) is 2. The Labute approximate surface area is 138 Å². The number of rotatable bonds is 6. The highest BCUT2D eigenvalue weighted by molar-refractivity contribution is 5.77. The van der Waals surface area contributed by atoms with Crippen molar-refractivity contribution in [2.75, 3.05) is 19.6 Å². The highest BCUT2D eigenvalue weighted by Gasteiger charge is 2.20. The predicted molar refractivity (Wildman–Crippen MR) is 93.0 cm³/mol. The van der Waals surface area contributed by atoms with E-state index in [0.29, 0.717) is 12.5 Å². The molecule has 1 aliphatic heterocycles. The zero-order chi connectivity index (χ0) is 16.1. The van der Waals surface area contributed by atoms with Crippen molar-refractivity contribution in [3.8, 4) is 0 Å². The summed E-state index contributed by atoms with van der Waals surface area (Å²) in [5.41, 5.74) is 8.46. The second-order valence-electron chi connectivity index (χ2n) is 6.83. The summed E-state index contributed by atoms with van der Waals surface area (Å²) >= 11 is 0. The van der Waals surface area contributed by atoms with Crippen molar-refractivity contribution >= 4 is 5.96 Å².